The van der Waals surface area contributed by atoms with E-state index in [9.17, 15) is 18.0 Å². The average Bonchev–Trinajstić information content (AvgIpc) is 2.40. The Hall–Kier alpha value is -1.92. The minimum absolute atomic E-state index is 0.0225. The van der Waals surface area contributed by atoms with Crippen molar-refractivity contribution < 1.29 is 22.7 Å². The Balaban J connectivity index is 1.99. The van der Waals surface area contributed by atoms with Crippen LogP contribution in [0, 0.1) is 0 Å². The largest absolute Gasteiger partial charge is 0.573 e. The maximum Gasteiger partial charge on any atom is 0.573 e. The highest BCUT2D eigenvalue weighted by Gasteiger charge is 2.32. The van der Waals surface area contributed by atoms with Gasteiger partial charge in [-0.05, 0) is 25.0 Å². The molecule has 1 aliphatic heterocycles. The van der Waals surface area contributed by atoms with Gasteiger partial charge in [-0.3, -0.25) is 4.79 Å². The van der Waals surface area contributed by atoms with Crippen molar-refractivity contribution >= 4 is 11.6 Å². The number of piperidine rings is 1. The molecule has 1 aromatic carbocycles. The Morgan fingerprint density at radius 1 is 1.29 bits per heavy atom. The molecule has 1 N–H and O–H groups in total. The Kier molecular flexibility index (Phi) is 4.59. The van der Waals surface area contributed by atoms with E-state index in [1.54, 1.807) is 17.0 Å². The van der Waals surface area contributed by atoms with Crippen molar-refractivity contribution in [2.24, 2.45) is 0 Å². The van der Waals surface area contributed by atoms with Gasteiger partial charge in [0.1, 0.15) is 0 Å². The molecule has 1 aliphatic rings. The summed E-state index contributed by atoms with van der Waals surface area (Å²) in [6.07, 6.45) is -3.32. The van der Waals surface area contributed by atoms with Crippen LogP contribution in [-0.4, -0.2) is 36.3 Å². The first-order chi connectivity index (χ1) is 9.85. The number of carbonyl (C=O) groups excluding carboxylic acids is 1. The highest BCUT2D eigenvalue weighted by atomic mass is 19.4. The van der Waals surface area contributed by atoms with Crippen molar-refractivity contribution in [1.29, 1.82) is 0 Å². The molecule has 1 fully saturated rings. The SMILES string of the molecule is CC(=O)N1CCC(Nc2ccccc2OC(F)(F)F)CC1. The molecule has 21 heavy (non-hydrogen) atoms. The Bertz CT molecular complexity index is 497. The number of hydrogen-bond acceptors (Lipinski definition) is 3. The fourth-order valence-corrected chi connectivity index (χ4v) is 2.36. The lowest BCUT2D eigenvalue weighted by atomic mass is 10.0. The second kappa shape index (κ2) is 6.24. The zero-order chi connectivity index (χ0) is 15.5. The van der Waals surface area contributed by atoms with E-state index >= 15 is 0 Å². The molecule has 1 saturated heterocycles. The third kappa shape index (κ3) is 4.54. The smallest absolute Gasteiger partial charge is 0.404 e. The first-order valence-electron chi connectivity index (χ1n) is 6.72. The maximum atomic E-state index is 12.3. The molecule has 0 unspecified atom stereocenters. The molecule has 0 spiro atoms. The highest BCUT2D eigenvalue weighted by molar-refractivity contribution is 5.73. The second-order valence-electron chi connectivity index (χ2n) is 4.97. The van der Waals surface area contributed by atoms with E-state index in [1.165, 1.54) is 19.1 Å². The number of amides is 1. The van der Waals surface area contributed by atoms with E-state index in [0.717, 1.165) is 0 Å². The van der Waals surface area contributed by atoms with E-state index in [0.29, 0.717) is 31.6 Å². The molecule has 0 radical (unpaired) electrons. The number of alkyl halides is 3. The second-order valence-corrected chi connectivity index (χ2v) is 4.97. The van der Waals surface area contributed by atoms with Gasteiger partial charge in [-0.15, -0.1) is 13.2 Å². The number of hydrogen-bond donors (Lipinski definition) is 1. The Morgan fingerprint density at radius 3 is 2.48 bits per heavy atom. The molecular weight excluding hydrogens is 285 g/mol. The monoisotopic (exact) mass is 302 g/mol. The normalized spacial score (nSPS) is 16.7. The molecule has 1 aromatic rings. The van der Waals surface area contributed by atoms with E-state index < -0.39 is 6.36 Å². The van der Waals surface area contributed by atoms with E-state index in [4.69, 9.17) is 0 Å². The van der Waals surface area contributed by atoms with Gasteiger partial charge in [0, 0.05) is 26.1 Å². The number of ether oxygens (including phenoxy) is 1. The summed E-state index contributed by atoms with van der Waals surface area (Å²) in [6, 6.07) is 6.00. The molecule has 0 aromatic heterocycles. The lowest BCUT2D eigenvalue weighted by Gasteiger charge is -2.32. The van der Waals surface area contributed by atoms with Crippen LogP contribution in [0.2, 0.25) is 0 Å². The quantitative estimate of drug-likeness (QED) is 0.933. The third-order valence-electron chi connectivity index (χ3n) is 3.41. The topological polar surface area (TPSA) is 41.6 Å². The Morgan fingerprint density at radius 2 is 1.90 bits per heavy atom. The van der Waals surface area contributed by atoms with Crippen LogP contribution in [-0.2, 0) is 4.79 Å². The molecule has 1 heterocycles. The average molecular weight is 302 g/mol. The van der Waals surface area contributed by atoms with E-state index in [-0.39, 0.29) is 17.7 Å². The molecule has 7 heteroatoms. The Labute approximate surface area is 120 Å². The van der Waals surface area contributed by atoms with Crippen LogP contribution in [0.15, 0.2) is 24.3 Å². The number of para-hydroxylation sites is 2. The van der Waals surface area contributed by atoms with Crippen molar-refractivity contribution in [3.63, 3.8) is 0 Å². The summed E-state index contributed by atoms with van der Waals surface area (Å²) < 4.78 is 41.0. The highest BCUT2D eigenvalue weighted by Crippen LogP contribution is 2.31. The minimum Gasteiger partial charge on any atom is -0.404 e. The molecule has 2 rings (SSSR count). The fourth-order valence-electron chi connectivity index (χ4n) is 2.36. The van der Waals surface area contributed by atoms with Gasteiger partial charge in [0.05, 0.1) is 5.69 Å². The summed E-state index contributed by atoms with van der Waals surface area (Å²) in [6.45, 7) is 2.73. The van der Waals surface area contributed by atoms with Gasteiger partial charge in [0.2, 0.25) is 5.91 Å². The summed E-state index contributed by atoms with van der Waals surface area (Å²) in [7, 11) is 0. The molecule has 0 aliphatic carbocycles. The van der Waals surface area contributed by atoms with Crippen molar-refractivity contribution in [2.75, 3.05) is 18.4 Å². The maximum absolute atomic E-state index is 12.3. The number of anilines is 1. The first-order valence-corrected chi connectivity index (χ1v) is 6.72. The number of benzene rings is 1. The lowest BCUT2D eigenvalue weighted by Crippen LogP contribution is -2.41. The summed E-state index contributed by atoms with van der Waals surface area (Å²) in [5.41, 5.74) is 0.316. The van der Waals surface area contributed by atoms with Gasteiger partial charge < -0.3 is 15.0 Å². The summed E-state index contributed by atoms with van der Waals surface area (Å²) in [5, 5.41) is 3.07. The van der Waals surface area contributed by atoms with Crippen LogP contribution in [0.1, 0.15) is 19.8 Å². The van der Waals surface area contributed by atoms with Crippen LogP contribution in [0.25, 0.3) is 0 Å². The van der Waals surface area contributed by atoms with Gasteiger partial charge in [0.15, 0.2) is 5.75 Å². The standard InChI is InChI=1S/C14H17F3N2O2/c1-10(20)19-8-6-11(7-9-19)18-12-4-2-3-5-13(12)21-14(15,16)17/h2-5,11,18H,6-9H2,1H3. The lowest BCUT2D eigenvalue weighted by molar-refractivity contribution is -0.274. The molecule has 4 nitrogen and oxygen atoms in total. The zero-order valence-corrected chi connectivity index (χ0v) is 11.6. The molecule has 0 atom stereocenters. The third-order valence-corrected chi connectivity index (χ3v) is 3.41. The molecule has 0 bridgehead atoms. The van der Waals surface area contributed by atoms with Gasteiger partial charge in [-0.1, -0.05) is 12.1 Å². The zero-order valence-electron chi connectivity index (χ0n) is 11.6. The van der Waals surface area contributed by atoms with Crippen LogP contribution in [0.4, 0.5) is 18.9 Å². The predicted molar refractivity (Wildman–Crippen MR) is 72.0 cm³/mol. The number of halogens is 3. The number of nitrogens with one attached hydrogen (secondary N) is 1. The summed E-state index contributed by atoms with van der Waals surface area (Å²) in [5.74, 6) is -0.215. The van der Waals surface area contributed by atoms with Crippen LogP contribution in [0.5, 0.6) is 5.75 Å². The number of carbonyl (C=O) groups is 1. The van der Waals surface area contributed by atoms with Gasteiger partial charge in [-0.25, -0.2) is 0 Å². The number of likely N-dealkylation sites (tertiary alicyclic amines) is 1. The van der Waals surface area contributed by atoms with Gasteiger partial charge in [-0.2, -0.15) is 0 Å². The van der Waals surface area contributed by atoms with E-state index in [2.05, 4.69) is 10.1 Å². The summed E-state index contributed by atoms with van der Waals surface area (Å²) >= 11 is 0. The van der Waals surface area contributed by atoms with Crippen molar-refractivity contribution in [3.8, 4) is 5.75 Å². The van der Waals surface area contributed by atoms with Crippen LogP contribution in [0.3, 0.4) is 0 Å². The van der Waals surface area contributed by atoms with Crippen LogP contribution >= 0.6 is 0 Å². The van der Waals surface area contributed by atoms with Crippen molar-refractivity contribution in [1.82, 2.24) is 4.90 Å². The molecule has 1 amide bonds. The molecule has 0 saturated carbocycles. The fraction of sp³-hybridized carbons (Fsp3) is 0.500. The molecular formula is C14H17F3N2O2. The number of nitrogens with zero attached hydrogens (tertiary/aromatic N) is 1. The molecule has 116 valence electrons. The minimum atomic E-state index is -4.71. The van der Waals surface area contributed by atoms with Crippen LogP contribution < -0.4 is 10.1 Å². The van der Waals surface area contributed by atoms with E-state index in [1.807, 2.05) is 0 Å². The number of rotatable bonds is 3. The summed E-state index contributed by atoms with van der Waals surface area (Å²) in [4.78, 5) is 13.0. The predicted octanol–water partition coefficient (Wildman–Crippen LogP) is 3.01. The van der Waals surface area contributed by atoms with Crippen molar-refractivity contribution in [2.45, 2.75) is 32.2 Å². The first kappa shape index (κ1) is 15.5. The van der Waals surface area contributed by atoms with Crippen molar-refractivity contribution in [3.05, 3.63) is 24.3 Å². The van der Waals surface area contributed by atoms with Gasteiger partial charge in [0.25, 0.3) is 0 Å². The van der Waals surface area contributed by atoms with Gasteiger partial charge >= 0.3 is 6.36 Å².